The van der Waals surface area contributed by atoms with E-state index in [9.17, 15) is 13.2 Å². The number of ether oxygens (including phenoxy) is 1. The molecule has 2 fully saturated rings. The Morgan fingerprint density at radius 2 is 1.72 bits per heavy atom. The average Bonchev–Trinajstić information content (AvgIpc) is 3.55. The van der Waals surface area contributed by atoms with E-state index in [1.165, 1.54) is 31.2 Å². The van der Waals surface area contributed by atoms with Crippen molar-refractivity contribution in [3.8, 4) is 16.9 Å². The molecule has 1 aromatic carbocycles. The van der Waals surface area contributed by atoms with Crippen LogP contribution < -0.4 is 15.0 Å². The zero-order chi connectivity index (χ0) is 22.1. The summed E-state index contributed by atoms with van der Waals surface area (Å²) in [5.41, 5.74) is 2.03. The molecule has 166 valence electrons. The van der Waals surface area contributed by atoms with Crippen molar-refractivity contribution < 1.29 is 17.9 Å². The zero-order valence-electron chi connectivity index (χ0n) is 17.3. The van der Waals surface area contributed by atoms with Crippen molar-refractivity contribution in [1.29, 1.82) is 0 Å². The molecule has 0 radical (unpaired) electrons. The third-order valence-corrected chi connectivity index (χ3v) is 6.22. The van der Waals surface area contributed by atoms with E-state index in [0.717, 1.165) is 25.9 Å². The molecule has 1 N–H and O–H groups in total. The van der Waals surface area contributed by atoms with Gasteiger partial charge in [-0.1, -0.05) is 12.1 Å². The minimum Gasteiger partial charge on any atom is -0.435 e. The number of nitrogens with zero attached hydrogens (tertiary/aromatic N) is 4. The third-order valence-electron chi connectivity index (χ3n) is 6.22. The lowest BCUT2D eigenvalue weighted by Gasteiger charge is -2.32. The fourth-order valence-electron chi connectivity index (χ4n) is 4.09. The first-order chi connectivity index (χ1) is 15.5. The van der Waals surface area contributed by atoms with Gasteiger partial charge in [-0.25, -0.2) is 9.97 Å². The molecule has 2 aromatic heterocycles. The first-order valence-electron chi connectivity index (χ1n) is 10.6. The molecule has 5 rings (SSSR count). The molecule has 1 aliphatic heterocycles. The number of benzene rings is 1. The predicted molar refractivity (Wildman–Crippen MR) is 115 cm³/mol. The Kier molecular flexibility index (Phi) is 5.32. The fourth-order valence-corrected chi connectivity index (χ4v) is 4.09. The molecular weight excluding hydrogens is 419 g/mol. The van der Waals surface area contributed by atoms with Crippen LogP contribution in [-0.2, 0) is 0 Å². The van der Waals surface area contributed by atoms with Gasteiger partial charge in [-0.05, 0) is 60.9 Å². The number of pyridine rings is 1. The van der Waals surface area contributed by atoms with Gasteiger partial charge in [0, 0.05) is 31.0 Å². The van der Waals surface area contributed by atoms with E-state index < -0.39 is 12.6 Å². The molecule has 0 unspecified atom stereocenters. The maximum atomic E-state index is 14.4. The number of halogens is 3. The number of hydrogen-bond acceptors (Lipinski definition) is 6. The minimum atomic E-state index is -2.89. The lowest BCUT2D eigenvalue weighted by molar-refractivity contribution is -0.0498. The Morgan fingerprint density at radius 3 is 2.41 bits per heavy atom. The smallest absolute Gasteiger partial charge is 0.387 e. The summed E-state index contributed by atoms with van der Waals surface area (Å²) in [5, 5.41) is 2.99. The Hall–Kier alpha value is -3.36. The van der Waals surface area contributed by atoms with Crippen LogP contribution in [0.4, 0.5) is 30.6 Å². The van der Waals surface area contributed by atoms with Crippen molar-refractivity contribution in [1.82, 2.24) is 15.0 Å². The fraction of sp³-hybridized carbons (Fsp3) is 0.348. The number of anilines is 3. The van der Waals surface area contributed by atoms with Crippen LogP contribution >= 0.6 is 0 Å². The normalized spacial score (nSPS) is 16.9. The van der Waals surface area contributed by atoms with Crippen LogP contribution in [0.2, 0.25) is 0 Å². The molecule has 3 heterocycles. The minimum absolute atomic E-state index is 0.0519. The summed E-state index contributed by atoms with van der Waals surface area (Å²) in [6.07, 6.45) is 8.02. The van der Waals surface area contributed by atoms with Crippen LogP contribution in [0.1, 0.15) is 25.7 Å². The van der Waals surface area contributed by atoms with Crippen molar-refractivity contribution >= 4 is 17.5 Å². The highest BCUT2D eigenvalue weighted by molar-refractivity contribution is 5.69. The molecular formula is C23H22F3N5O. The first kappa shape index (κ1) is 20.5. The topological polar surface area (TPSA) is 63.2 Å². The van der Waals surface area contributed by atoms with Gasteiger partial charge in [-0.3, -0.25) is 0 Å². The van der Waals surface area contributed by atoms with Crippen molar-refractivity contribution in [3.05, 3.63) is 54.7 Å². The Balaban J connectivity index is 1.32. The maximum Gasteiger partial charge on any atom is 0.387 e. The summed E-state index contributed by atoms with van der Waals surface area (Å²) in [6, 6.07) is 9.37. The molecule has 32 heavy (non-hydrogen) atoms. The lowest BCUT2D eigenvalue weighted by Crippen LogP contribution is -2.35. The SMILES string of the molecule is Fc1ncc(-c2ccc(OC(F)F)cc2)cc1Nc1ccnc(N2CCC3(CC2)CC3)n1. The van der Waals surface area contributed by atoms with Gasteiger partial charge in [-0.2, -0.15) is 18.2 Å². The van der Waals surface area contributed by atoms with Crippen LogP contribution in [0.5, 0.6) is 5.75 Å². The van der Waals surface area contributed by atoms with E-state index in [1.807, 2.05) is 0 Å². The van der Waals surface area contributed by atoms with Gasteiger partial charge in [0.05, 0.1) is 5.69 Å². The second-order valence-corrected chi connectivity index (χ2v) is 8.32. The molecule has 3 aromatic rings. The van der Waals surface area contributed by atoms with Crippen LogP contribution in [0.25, 0.3) is 11.1 Å². The lowest BCUT2D eigenvalue weighted by atomic mass is 9.94. The second kappa shape index (κ2) is 8.29. The Morgan fingerprint density at radius 1 is 0.969 bits per heavy atom. The van der Waals surface area contributed by atoms with Gasteiger partial charge in [-0.15, -0.1) is 0 Å². The summed E-state index contributed by atoms with van der Waals surface area (Å²) in [5.74, 6) is 0.487. The maximum absolute atomic E-state index is 14.4. The molecule has 1 saturated carbocycles. The van der Waals surface area contributed by atoms with Gasteiger partial charge >= 0.3 is 6.61 Å². The second-order valence-electron chi connectivity index (χ2n) is 8.32. The van der Waals surface area contributed by atoms with E-state index in [0.29, 0.717) is 28.3 Å². The van der Waals surface area contributed by atoms with Crippen LogP contribution in [0.3, 0.4) is 0 Å². The van der Waals surface area contributed by atoms with Crippen molar-refractivity contribution in [2.24, 2.45) is 5.41 Å². The molecule has 9 heteroatoms. The number of hydrogen-bond donors (Lipinski definition) is 1. The molecule has 1 aliphatic carbocycles. The number of nitrogens with one attached hydrogen (secondary N) is 1. The zero-order valence-corrected chi connectivity index (χ0v) is 17.3. The molecule has 1 spiro atoms. The molecule has 1 saturated heterocycles. The van der Waals surface area contributed by atoms with E-state index in [2.05, 4.69) is 29.9 Å². The van der Waals surface area contributed by atoms with Crippen molar-refractivity contribution in [3.63, 3.8) is 0 Å². The highest BCUT2D eigenvalue weighted by atomic mass is 19.3. The number of aromatic nitrogens is 3. The third kappa shape index (κ3) is 4.46. The number of alkyl halides is 2. The summed E-state index contributed by atoms with van der Waals surface area (Å²) in [7, 11) is 0. The number of rotatable bonds is 6. The molecule has 0 bridgehead atoms. The van der Waals surface area contributed by atoms with Gasteiger partial charge < -0.3 is 15.0 Å². The van der Waals surface area contributed by atoms with Gasteiger partial charge in [0.1, 0.15) is 11.6 Å². The van der Waals surface area contributed by atoms with Gasteiger partial charge in [0.25, 0.3) is 0 Å². The van der Waals surface area contributed by atoms with E-state index >= 15 is 0 Å². The van der Waals surface area contributed by atoms with Crippen molar-refractivity contribution in [2.45, 2.75) is 32.3 Å². The molecule has 0 atom stereocenters. The summed E-state index contributed by atoms with van der Waals surface area (Å²) in [6.45, 7) is -1.03. The molecule has 0 amide bonds. The van der Waals surface area contributed by atoms with E-state index in [4.69, 9.17) is 0 Å². The molecule has 6 nitrogen and oxygen atoms in total. The Labute approximate surface area is 183 Å². The van der Waals surface area contributed by atoms with Crippen LogP contribution in [0, 0.1) is 11.4 Å². The standard InChI is InChI=1S/C23H22F3N5O/c24-20-18(13-16(14-28-20)15-1-3-17(4-2-15)32-21(25)26)29-19-5-10-27-22(30-19)31-11-8-23(6-7-23)9-12-31/h1-5,10,13-14,21H,6-9,11-12H2,(H,27,29,30). The monoisotopic (exact) mass is 441 g/mol. The van der Waals surface area contributed by atoms with E-state index in [-0.39, 0.29) is 11.4 Å². The first-order valence-corrected chi connectivity index (χ1v) is 10.6. The van der Waals surface area contributed by atoms with Crippen LogP contribution in [0.15, 0.2) is 48.8 Å². The summed E-state index contributed by atoms with van der Waals surface area (Å²) < 4.78 is 43.4. The summed E-state index contributed by atoms with van der Waals surface area (Å²) in [4.78, 5) is 14.9. The largest absolute Gasteiger partial charge is 0.435 e. The van der Waals surface area contributed by atoms with Crippen molar-refractivity contribution in [2.75, 3.05) is 23.3 Å². The predicted octanol–water partition coefficient (Wildman–Crippen LogP) is 5.40. The quantitative estimate of drug-likeness (QED) is 0.517. The van der Waals surface area contributed by atoms with E-state index in [1.54, 1.807) is 30.5 Å². The van der Waals surface area contributed by atoms with Gasteiger partial charge in [0.2, 0.25) is 11.9 Å². The van der Waals surface area contributed by atoms with Crippen LogP contribution in [-0.4, -0.2) is 34.7 Å². The average molecular weight is 441 g/mol. The number of piperidine rings is 1. The highest BCUT2D eigenvalue weighted by Crippen LogP contribution is 2.53. The highest BCUT2D eigenvalue weighted by Gasteiger charge is 2.44. The summed E-state index contributed by atoms with van der Waals surface area (Å²) >= 11 is 0. The molecule has 2 aliphatic rings. The Bertz CT molecular complexity index is 1100. The van der Waals surface area contributed by atoms with Gasteiger partial charge in [0.15, 0.2) is 0 Å².